The Morgan fingerprint density at radius 2 is 1.81 bits per heavy atom. The molecular weight excluding hydrogens is 263 g/mol. The van der Waals surface area contributed by atoms with Crippen LogP contribution in [0.4, 0.5) is 4.39 Å². The van der Waals surface area contributed by atoms with Crippen molar-refractivity contribution in [3.8, 4) is 0 Å². The summed E-state index contributed by atoms with van der Waals surface area (Å²) in [4.78, 5) is 2.32. The molecule has 0 spiro atoms. The fraction of sp³-hybridized carbons (Fsp3) is 0.667. The molecule has 0 radical (unpaired) electrons. The van der Waals surface area contributed by atoms with Gasteiger partial charge in [-0.3, -0.25) is 0 Å². The molecule has 1 aromatic rings. The van der Waals surface area contributed by atoms with Crippen LogP contribution < -0.4 is 5.32 Å². The molecule has 1 unspecified atom stereocenters. The van der Waals surface area contributed by atoms with E-state index in [9.17, 15) is 4.39 Å². The van der Waals surface area contributed by atoms with Crippen molar-refractivity contribution in [3.63, 3.8) is 0 Å². The van der Waals surface area contributed by atoms with Crippen LogP contribution in [-0.2, 0) is 0 Å². The molecule has 1 N–H and O–H groups in total. The summed E-state index contributed by atoms with van der Waals surface area (Å²) in [5.74, 6) is -0.128. The Morgan fingerprint density at radius 1 is 1.19 bits per heavy atom. The minimum atomic E-state index is -0.128. The number of rotatable bonds is 8. The number of halogens is 1. The second kappa shape index (κ2) is 7.90. The number of benzene rings is 1. The third-order valence-electron chi connectivity index (χ3n) is 4.77. The average Bonchev–Trinajstić information content (AvgIpc) is 2.46. The van der Waals surface area contributed by atoms with E-state index in [2.05, 4.69) is 45.1 Å². The first-order chi connectivity index (χ1) is 9.92. The van der Waals surface area contributed by atoms with Gasteiger partial charge in [-0.05, 0) is 64.0 Å². The predicted octanol–water partition coefficient (Wildman–Crippen LogP) is 4.30. The zero-order valence-electron chi connectivity index (χ0n) is 14.5. The highest BCUT2D eigenvalue weighted by atomic mass is 19.1. The van der Waals surface area contributed by atoms with Gasteiger partial charge in [-0.25, -0.2) is 4.39 Å². The van der Waals surface area contributed by atoms with Gasteiger partial charge in [-0.15, -0.1) is 0 Å². The molecule has 0 saturated heterocycles. The molecule has 120 valence electrons. The maximum atomic E-state index is 13.6. The van der Waals surface area contributed by atoms with Crippen molar-refractivity contribution in [2.45, 2.75) is 58.5 Å². The van der Waals surface area contributed by atoms with Crippen LogP contribution in [0.15, 0.2) is 18.2 Å². The molecule has 0 aliphatic carbocycles. The topological polar surface area (TPSA) is 15.3 Å². The summed E-state index contributed by atoms with van der Waals surface area (Å²) >= 11 is 0. The molecular formula is C18H31FN2. The van der Waals surface area contributed by atoms with E-state index in [1.807, 2.05) is 19.1 Å². The number of hydrogen-bond acceptors (Lipinski definition) is 2. The quantitative estimate of drug-likeness (QED) is 0.769. The van der Waals surface area contributed by atoms with E-state index in [4.69, 9.17) is 0 Å². The lowest BCUT2D eigenvalue weighted by atomic mass is 9.79. The van der Waals surface area contributed by atoms with Crippen LogP contribution in [0.25, 0.3) is 0 Å². The first-order valence-electron chi connectivity index (χ1n) is 8.09. The lowest BCUT2D eigenvalue weighted by Crippen LogP contribution is -2.53. The van der Waals surface area contributed by atoms with Crippen molar-refractivity contribution < 1.29 is 4.39 Å². The minimum absolute atomic E-state index is 0.0411. The van der Waals surface area contributed by atoms with Crippen LogP contribution in [-0.4, -0.2) is 31.1 Å². The fourth-order valence-electron chi connectivity index (χ4n) is 3.30. The maximum absolute atomic E-state index is 13.6. The fourth-order valence-corrected chi connectivity index (χ4v) is 3.30. The zero-order valence-corrected chi connectivity index (χ0v) is 14.5. The van der Waals surface area contributed by atoms with E-state index < -0.39 is 0 Å². The third kappa shape index (κ3) is 3.83. The van der Waals surface area contributed by atoms with Crippen LogP contribution in [0.2, 0.25) is 0 Å². The number of nitrogens with zero attached hydrogens (tertiary/aromatic N) is 1. The normalized spacial score (nSPS) is 13.7. The highest BCUT2D eigenvalue weighted by Crippen LogP contribution is 2.36. The standard InChI is InChI=1S/C18H31FN2/c1-7-12-20-17(18(8-2,9-3)21(5)6)15-10-11-16(19)14(4)13-15/h10-11,13,17,20H,7-9,12H2,1-6H3. The minimum Gasteiger partial charge on any atom is -0.308 e. The third-order valence-corrected chi connectivity index (χ3v) is 4.77. The van der Waals surface area contributed by atoms with Gasteiger partial charge in [0, 0.05) is 5.54 Å². The van der Waals surface area contributed by atoms with Crippen molar-refractivity contribution in [3.05, 3.63) is 35.1 Å². The van der Waals surface area contributed by atoms with Gasteiger partial charge in [0.1, 0.15) is 5.82 Å². The van der Waals surface area contributed by atoms with E-state index >= 15 is 0 Å². The Bertz CT molecular complexity index is 439. The smallest absolute Gasteiger partial charge is 0.126 e. The summed E-state index contributed by atoms with van der Waals surface area (Å²) in [6, 6.07) is 5.73. The van der Waals surface area contributed by atoms with Gasteiger partial charge in [-0.1, -0.05) is 32.9 Å². The number of aryl methyl sites for hydroxylation is 1. The van der Waals surface area contributed by atoms with E-state index in [0.29, 0.717) is 0 Å². The predicted molar refractivity (Wildman–Crippen MR) is 89.2 cm³/mol. The Balaban J connectivity index is 3.28. The lowest BCUT2D eigenvalue weighted by Gasteiger charge is -2.46. The van der Waals surface area contributed by atoms with E-state index in [0.717, 1.165) is 31.4 Å². The first kappa shape index (κ1) is 18.1. The zero-order chi connectivity index (χ0) is 16.0. The lowest BCUT2D eigenvalue weighted by molar-refractivity contribution is 0.0880. The molecule has 0 aromatic heterocycles. The average molecular weight is 294 g/mol. The van der Waals surface area contributed by atoms with Gasteiger partial charge in [-0.2, -0.15) is 0 Å². The summed E-state index contributed by atoms with van der Waals surface area (Å²) in [6.07, 6.45) is 3.19. The van der Waals surface area contributed by atoms with Gasteiger partial charge < -0.3 is 10.2 Å². The van der Waals surface area contributed by atoms with Gasteiger partial charge in [0.15, 0.2) is 0 Å². The summed E-state index contributed by atoms with van der Waals surface area (Å²) in [6.45, 7) is 9.46. The van der Waals surface area contributed by atoms with Crippen LogP contribution in [0, 0.1) is 12.7 Å². The summed E-state index contributed by atoms with van der Waals surface area (Å²) in [5, 5.41) is 3.69. The van der Waals surface area contributed by atoms with Gasteiger partial charge in [0.25, 0.3) is 0 Å². The summed E-state index contributed by atoms with van der Waals surface area (Å²) in [7, 11) is 4.29. The molecule has 0 bridgehead atoms. The van der Waals surface area contributed by atoms with Crippen LogP contribution in [0.1, 0.15) is 57.2 Å². The van der Waals surface area contributed by atoms with Gasteiger partial charge >= 0.3 is 0 Å². The Hall–Kier alpha value is -0.930. The second-order valence-corrected chi connectivity index (χ2v) is 6.10. The molecule has 3 heteroatoms. The van der Waals surface area contributed by atoms with Crippen LogP contribution >= 0.6 is 0 Å². The second-order valence-electron chi connectivity index (χ2n) is 6.10. The highest BCUT2D eigenvalue weighted by Gasteiger charge is 2.38. The van der Waals surface area contributed by atoms with Crippen molar-refractivity contribution in [2.24, 2.45) is 0 Å². The molecule has 0 heterocycles. The summed E-state index contributed by atoms with van der Waals surface area (Å²) < 4.78 is 13.6. The van der Waals surface area contributed by atoms with Crippen molar-refractivity contribution in [2.75, 3.05) is 20.6 Å². The number of nitrogens with one attached hydrogen (secondary N) is 1. The number of likely N-dealkylation sites (N-methyl/N-ethyl adjacent to an activating group) is 1. The van der Waals surface area contributed by atoms with E-state index in [1.165, 1.54) is 5.56 Å². The van der Waals surface area contributed by atoms with Crippen LogP contribution in [0.5, 0.6) is 0 Å². The number of hydrogen-bond donors (Lipinski definition) is 1. The molecule has 1 atom stereocenters. The summed E-state index contributed by atoms with van der Waals surface area (Å²) in [5.41, 5.74) is 1.94. The van der Waals surface area contributed by atoms with Gasteiger partial charge in [0.2, 0.25) is 0 Å². The van der Waals surface area contributed by atoms with E-state index in [1.54, 1.807) is 6.07 Å². The van der Waals surface area contributed by atoms with Crippen molar-refractivity contribution in [1.29, 1.82) is 0 Å². The molecule has 0 saturated carbocycles. The van der Waals surface area contributed by atoms with Crippen LogP contribution in [0.3, 0.4) is 0 Å². The molecule has 0 amide bonds. The largest absolute Gasteiger partial charge is 0.308 e. The van der Waals surface area contributed by atoms with Crippen molar-refractivity contribution in [1.82, 2.24) is 10.2 Å². The van der Waals surface area contributed by atoms with E-state index in [-0.39, 0.29) is 17.4 Å². The maximum Gasteiger partial charge on any atom is 0.126 e. The molecule has 21 heavy (non-hydrogen) atoms. The molecule has 1 rings (SSSR count). The first-order valence-corrected chi connectivity index (χ1v) is 8.09. The molecule has 1 aromatic carbocycles. The molecule has 0 aliphatic heterocycles. The Morgan fingerprint density at radius 3 is 2.24 bits per heavy atom. The molecule has 0 fully saturated rings. The molecule has 2 nitrogen and oxygen atoms in total. The van der Waals surface area contributed by atoms with Gasteiger partial charge in [0.05, 0.1) is 6.04 Å². The Kier molecular flexibility index (Phi) is 6.82. The molecule has 0 aliphatic rings. The van der Waals surface area contributed by atoms with Crippen molar-refractivity contribution >= 4 is 0 Å². The Labute approximate surface area is 129 Å². The highest BCUT2D eigenvalue weighted by molar-refractivity contribution is 5.29. The SMILES string of the molecule is CCCNC(c1ccc(F)c(C)c1)C(CC)(CC)N(C)C. The monoisotopic (exact) mass is 294 g/mol.